The van der Waals surface area contributed by atoms with E-state index in [-0.39, 0.29) is 17.7 Å². The molecule has 3 aromatic rings. The van der Waals surface area contributed by atoms with Gasteiger partial charge in [-0.3, -0.25) is 14.6 Å². The number of quaternary nitrogens is 1. The molecule has 172 valence electrons. The van der Waals surface area contributed by atoms with Crippen molar-refractivity contribution >= 4 is 22.6 Å². The van der Waals surface area contributed by atoms with Gasteiger partial charge >= 0.3 is 0 Å². The topological polar surface area (TPSA) is 71.1 Å². The van der Waals surface area contributed by atoms with Crippen LogP contribution >= 0.6 is 0 Å². The molecule has 1 fully saturated rings. The average molecular weight is 446 g/mol. The molecule has 0 bridgehead atoms. The lowest BCUT2D eigenvalue weighted by Crippen LogP contribution is -2.62. The lowest BCUT2D eigenvalue weighted by molar-refractivity contribution is -0.963. The van der Waals surface area contributed by atoms with Crippen LogP contribution in [0.5, 0.6) is 0 Å². The fourth-order valence-electron chi connectivity index (χ4n) is 4.64. The van der Waals surface area contributed by atoms with Gasteiger partial charge in [0.25, 0.3) is 11.8 Å². The third kappa shape index (κ3) is 5.76. The summed E-state index contributed by atoms with van der Waals surface area (Å²) in [7, 11) is 0. The molecule has 0 saturated carbocycles. The van der Waals surface area contributed by atoms with Crippen molar-refractivity contribution in [1.29, 1.82) is 0 Å². The van der Waals surface area contributed by atoms with Crippen molar-refractivity contribution < 1.29 is 14.2 Å². The largest absolute Gasteiger partial charge is 0.339 e. The molecule has 6 nitrogen and oxygen atoms in total. The Morgan fingerprint density at radius 1 is 0.970 bits per heavy atom. The predicted octanol–water partition coefficient (Wildman–Crippen LogP) is 4.22. The summed E-state index contributed by atoms with van der Waals surface area (Å²) in [4.78, 5) is 30.8. The summed E-state index contributed by atoms with van der Waals surface area (Å²) in [6.45, 7) is 6.67. The summed E-state index contributed by atoms with van der Waals surface area (Å²) in [6.07, 6.45) is 4.42. The Balaban J connectivity index is 1.50. The van der Waals surface area contributed by atoms with E-state index in [9.17, 15) is 9.59 Å². The molecule has 4 rings (SSSR count). The molecule has 33 heavy (non-hydrogen) atoms. The monoisotopic (exact) mass is 445 g/mol. The lowest BCUT2D eigenvalue weighted by atomic mass is 10.0. The summed E-state index contributed by atoms with van der Waals surface area (Å²) < 4.78 is 0.529. The number of nitrogens with one attached hydrogen (secondary N) is 2. The van der Waals surface area contributed by atoms with Crippen molar-refractivity contribution in [3.8, 4) is 0 Å². The van der Waals surface area contributed by atoms with E-state index in [0.29, 0.717) is 16.7 Å². The van der Waals surface area contributed by atoms with E-state index in [1.54, 1.807) is 12.3 Å². The van der Waals surface area contributed by atoms with Crippen LogP contribution < -0.4 is 10.7 Å². The molecule has 1 aliphatic rings. The number of carbonyl (C=O) groups excluding carboxylic acids is 2. The summed E-state index contributed by atoms with van der Waals surface area (Å²) in [6, 6.07) is 19.2. The van der Waals surface area contributed by atoms with Crippen LogP contribution in [0.2, 0.25) is 0 Å². The molecule has 1 atom stereocenters. The van der Waals surface area contributed by atoms with Crippen LogP contribution in [0.1, 0.15) is 49.2 Å². The summed E-state index contributed by atoms with van der Waals surface area (Å²) in [5.41, 5.74) is 4.82. The number of benzene rings is 2. The SMILES string of the molecule is CC(C)C[C@H](NC(=O)c1cc2ccccc2cn1)C(=O)N[N+]1(Cc2ccccc2)CCCC1. The first-order chi connectivity index (χ1) is 15.9. The first-order valence-corrected chi connectivity index (χ1v) is 11.8. The quantitative estimate of drug-likeness (QED) is 0.510. The Bertz CT molecular complexity index is 1110. The van der Waals surface area contributed by atoms with E-state index >= 15 is 0 Å². The fraction of sp³-hybridized carbons (Fsp3) is 0.370. The molecular weight excluding hydrogens is 412 g/mol. The maximum absolute atomic E-state index is 13.4. The minimum atomic E-state index is -0.614. The van der Waals surface area contributed by atoms with E-state index in [4.69, 9.17) is 0 Å². The Hall–Kier alpha value is -3.25. The van der Waals surface area contributed by atoms with E-state index in [0.717, 1.165) is 43.2 Å². The van der Waals surface area contributed by atoms with Crippen LogP contribution in [0.25, 0.3) is 10.8 Å². The van der Waals surface area contributed by atoms with Crippen LogP contribution in [0.15, 0.2) is 66.9 Å². The van der Waals surface area contributed by atoms with Gasteiger partial charge < -0.3 is 5.32 Å². The number of carbonyl (C=O) groups is 2. The highest BCUT2D eigenvalue weighted by Gasteiger charge is 2.37. The molecule has 1 aromatic heterocycles. The lowest BCUT2D eigenvalue weighted by Gasteiger charge is -2.35. The fourth-order valence-corrected chi connectivity index (χ4v) is 4.64. The van der Waals surface area contributed by atoms with Gasteiger partial charge in [0.2, 0.25) is 0 Å². The van der Waals surface area contributed by atoms with Crippen LogP contribution in [0.4, 0.5) is 0 Å². The Morgan fingerprint density at radius 2 is 1.64 bits per heavy atom. The van der Waals surface area contributed by atoms with Gasteiger partial charge in [-0.2, -0.15) is 5.43 Å². The number of hydrogen-bond acceptors (Lipinski definition) is 3. The molecule has 2 N–H and O–H groups in total. The maximum Gasteiger partial charge on any atom is 0.287 e. The molecule has 6 heteroatoms. The maximum atomic E-state index is 13.4. The van der Waals surface area contributed by atoms with Crippen molar-refractivity contribution in [2.75, 3.05) is 13.1 Å². The zero-order valence-corrected chi connectivity index (χ0v) is 19.5. The second-order valence-electron chi connectivity index (χ2n) is 9.49. The standard InChI is InChI=1S/C27H32N4O2/c1-20(2)16-25(29-26(32)24-17-22-12-6-7-13-23(22)18-28-24)27(33)30-31(14-8-9-15-31)19-21-10-4-3-5-11-21/h3-7,10-13,17-18,20,25H,8-9,14-16,19H2,1-2H3,(H-,29,30,32,33)/p+1/t25-/m0/s1. The van der Waals surface area contributed by atoms with Crippen molar-refractivity contribution in [2.45, 2.75) is 45.7 Å². The van der Waals surface area contributed by atoms with E-state index in [1.807, 2.05) is 42.5 Å². The van der Waals surface area contributed by atoms with Crippen LogP contribution in [-0.4, -0.2) is 40.5 Å². The van der Waals surface area contributed by atoms with Crippen molar-refractivity contribution in [3.05, 3.63) is 78.1 Å². The minimum absolute atomic E-state index is 0.129. The number of fused-ring (bicyclic) bond motifs is 1. The van der Waals surface area contributed by atoms with Gasteiger partial charge in [0, 0.05) is 30.0 Å². The second-order valence-corrected chi connectivity index (χ2v) is 9.49. The zero-order chi connectivity index (χ0) is 23.3. The number of pyridine rings is 1. The van der Waals surface area contributed by atoms with Gasteiger partial charge in [0.15, 0.2) is 0 Å². The molecule has 0 unspecified atom stereocenters. The molecule has 2 aromatic carbocycles. The summed E-state index contributed by atoms with van der Waals surface area (Å²) in [5, 5.41) is 4.89. The highest BCUT2D eigenvalue weighted by molar-refractivity contribution is 5.98. The number of rotatable bonds is 8. The zero-order valence-electron chi connectivity index (χ0n) is 19.5. The first-order valence-electron chi connectivity index (χ1n) is 11.8. The van der Waals surface area contributed by atoms with Crippen molar-refractivity contribution in [1.82, 2.24) is 15.7 Å². The van der Waals surface area contributed by atoms with Gasteiger partial charge in [-0.25, -0.2) is 4.59 Å². The van der Waals surface area contributed by atoms with Gasteiger partial charge in [0.05, 0.1) is 0 Å². The summed E-state index contributed by atoms with van der Waals surface area (Å²) >= 11 is 0. The summed E-state index contributed by atoms with van der Waals surface area (Å²) in [5.74, 6) is -0.194. The molecule has 1 aliphatic heterocycles. The highest BCUT2D eigenvalue weighted by atomic mass is 16.2. The minimum Gasteiger partial charge on any atom is -0.339 e. The van der Waals surface area contributed by atoms with Crippen LogP contribution in [-0.2, 0) is 11.3 Å². The first kappa shape index (κ1) is 22.9. The number of hydrogen-bond donors (Lipinski definition) is 2. The number of amides is 2. The number of aromatic nitrogens is 1. The molecule has 1 saturated heterocycles. The predicted molar refractivity (Wildman–Crippen MR) is 130 cm³/mol. The smallest absolute Gasteiger partial charge is 0.287 e. The van der Waals surface area contributed by atoms with Crippen molar-refractivity contribution in [2.24, 2.45) is 5.92 Å². The Kier molecular flexibility index (Phi) is 7.04. The molecule has 2 heterocycles. The molecule has 0 aliphatic carbocycles. The molecule has 0 spiro atoms. The second kappa shape index (κ2) is 10.1. The third-order valence-corrected chi connectivity index (χ3v) is 6.29. The van der Waals surface area contributed by atoms with E-state index < -0.39 is 6.04 Å². The van der Waals surface area contributed by atoms with Gasteiger partial charge in [-0.05, 0) is 23.8 Å². The molecule has 2 amide bonds. The number of likely N-dealkylation sites (tertiary alicyclic amines) is 1. The van der Waals surface area contributed by atoms with E-state index in [2.05, 4.69) is 41.7 Å². The normalized spacial score (nSPS) is 16.0. The average Bonchev–Trinajstić information content (AvgIpc) is 3.26. The van der Waals surface area contributed by atoms with E-state index in [1.165, 1.54) is 5.56 Å². The van der Waals surface area contributed by atoms with Gasteiger partial charge in [0.1, 0.15) is 31.4 Å². The highest BCUT2D eigenvalue weighted by Crippen LogP contribution is 2.21. The Labute approximate surface area is 195 Å². The van der Waals surface area contributed by atoms with Crippen molar-refractivity contribution in [3.63, 3.8) is 0 Å². The van der Waals surface area contributed by atoms with Crippen LogP contribution in [0, 0.1) is 5.92 Å². The Morgan fingerprint density at radius 3 is 2.33 bits per heavy atom. The van der Waals surface area contributed by atoms with Gasteiger partial charge in [-0.15, -0.1) is 0 Å². The number of nitrogens with zero attached hydrogens (tertiary/aromatic N) is 2. The molecule has 0 radical (unpaired) electrons. The van der Waals surface area contributed by atoms with Gasteiger partial charge in [-0.1, -0.05) is 68.4 Å². The van der Waals surface area contributed by atoms with Crippen LogP contribution in [0.3, 0.4) is 0 Å². The third-order valence-electron chi connectivity index (χ3n) is 6.29. The molecular formula is C27H33N4O2+.